The first kappa shape index (κ1) is 21.7. The minimum Gasteiger partial charge on any atom is -0.355 e. The van der Waals surface area contributed by atoms with E-state index in [0.717, 1.165) is 40.0 Å². The Labute approximate surface area is 190 Å². The lowest BCUT2D eigenvalue weighted by Gasteiger charge is -2.36. The summed E-state index contributed by atoms with van der Waals surface area (Å²) in [7, 11) is 0. The number of fused-ring (bicyclic) bond motifs is 1. The summed E-state index contributed by atoms with van der Waals surface area (Å²) in [6.45, 7) is 8.87. The van der Waals surface area contributed by atoms with E-state index in [1.54, 1.807) is 0 Å². The van der Waals surface area contributed by atoms with Gasteiger partial charge in [0.1, 0.15) is 17.0 Å². The van der Waals surface area contributed by atoms with Crippen molar-refractivity contribution in [2.45, 2.75) is 46.6 Å². The van der Waals surface area contributed by atoms with Crippen molar-refractivity contribution in [2.24, 2.45) is 11.8 Å². The van der Waals surface area contributed by atoms with Crippen molar-refractivity contribution in [3.8, 4) is 0 Å². The Kier molecular flexibility index (Phi) is 6.55. The van der Waals surface area contributed by atoms with Crippen molar-refractivity contribution >= 4 is 38.8 Å². The molecule has 2 aromatic heterocycles. The second kappa shape index (κ2) is 9.34. The Morgan fingerprint density at radius 2 is 2.03 bits per heavy atom. The molecule has 1 aliphatic heterocycles. The molecule has 0 spiro atoms. The predicted molar refractivity (Wildman–Crippen MR) is 124 cm³/mol. The minimum absolute atomic E-state index is 0.0285. The van der Waals surface area contributed by atoms with Crippen LogP contribution in [0.3, 0.4) is 0 Å². The maximum absolute atomic E-state index is 12.4. The molecule has 4 rings (SSSR count). The van der Waals surface area contributed by atoms with E-state index in [2.05, 4.69) is 50.1 Å². The quantitative estimate of drug-likeness (QED) is 0.556. The highest BCUT2D eigenvalue weighted by molar-refractivity contribution is 9.10. The van der Waals surface area contributed by atoms with Gasteiger partial charge in [0, 0.05) is 36.9 Å². The molecule has 1 amide bonds. The zero-order valence-corrected chi connectivity index (χ0v) is 19.8. The molecule has 164 valence electrons. The van der Waals surface area contributed by atoms with Crippen LogP contribution in [-0.2, 0) is 17.8 Å². The van der Waals surface area contributed by atoms with Crippen LogP contribution in [0.2, 0.25) is 0 Å². The molecule has 0 unspecified atom stereocenters. The number of halogens is 1. The van der Waals surface area contributed by atoms with Crippen molar-refractivity contribution in [1.82, 2.24) is 20.4 Å². The van der Waals surface area contributed by atoms with Gasteiger partial charge in [-0.05, 0) is 42.9 Å². The number of benzene rings is 1. The Balaban J connectivity index is 1.47. The van der Waals surface area contributed by atoms with Gasteiger partial charge in [-0.1, -0.05) is 47.1 Å². The first-order valence-electron chi connectivity index (χ1n) is 10.8. The summed E-state index contributed by atoms with van der Waals surface area (Å²) in [5.41, 5.74) is 2.35. The summed E-state index contributed by atoms with van der Waals surface area (Å²) in [6, 6.07) is 7.90. The number of anilines is 1. The molecule has 7 nitrogen and oxygen atoms in total. The lowest BCUT2D eigenvalue weighted by molar-refractivity contribution is -0.121. The van der Waals surface area contributed by atoms with Crippen molar-refractivity contribution in [3.63, 3.8) is 0 Å². The van der Waals surface area contributed by atoms with Crippen LogP contribution in [0.4, 0.5) is 5.82 Å². The second-order valence-corrected chi connectivity index (χ2v) is 9.58. The van der Waals surface area contributed by atoms with Crippen molar-refractivity contribution in [2.75, 3.05) is 18.0 Å². The van der Waals surface area contributed by atoms with Gasteiger partial charge in [0.2, 0.25) is 5.91 Å². The Morgan fingerprint density at radius 1 is 1.26 bits per heavy atom. The Hall–Kier alpha value is -2.48. The van der Waals surface area contributed by atoms with Gasteiger partial charge >= 0.3 is 0 Å². The third-order valence-corrected chi connectivity index (χ3v) is 6.15. The molecular weight excluding hydrogens is 458 g/mol. The monoisotopic (exact) mass is 485 g/mol. The van der Waals surface area contributed by atoms with Crippen LogP contribution in [0.25, 0.3) is 11.1 Å². The van der Waals surface area contributed by atoms with Gasteiger partial charge in [0.15, 0.2) is 0 Å². The van der Waals surface area contributed by atoms with Gasteiger partial charge in [-0.3, -0.25) is 4.79 Å². The molecule has 1 aromatic carbocycles. The smallest absolute Gasteiger partial charge is 0.263 e. The van der Waals surface area contributed by atoms with Crippen LogP contribution in [0.5, 0.6) is 0 Å². The summed E-state index contributed by atoms with van der Waals surface area (Å²) in [5.74, 6) is 2.66. The zero-order valence-electron chi connectivity index (χ0n) is 18.2. The van der Waals surface area contributed by atoms with E-state index in [0.29, 0.717) is 42.8 Å². The highest BCUT2D eigenvalue weighted by atomic mass is 79.9. The van der Waals surface area contributed by atoms with Crippen LogP contribution in [0.1, 0.15) is 43.8 Å². The van der Waals surface area contributed by atoms with Crippen LogP contribution < -0.4 is 10.2 Å². The normalized spacial score (nSPS) is 19.0. The molecule has 0 aliphatic carbocycles. The van der Waals surface area contributed by atoms with Crippen molar-refractivity contribution in [1.29, 1.82) is 0 Å². The van der Waals surface area contributed by atoms with Gasteiger partial charge < -0.3 is 14.7 Å². The van der Waals surface area contributed by atoms with Crippen molar-refractivity contribution in [3.05, 3.63) is 45.8 Å². The topological polar surface area (TPSA) is 84.1 Å². The van der Waals surface area contributed by atoms with E-state index in [4.69, 9.17) is 9.51 Å². The molecule has 1 saturated heterocycles. The molecule has 0 radical (unpaired) electrons. The number of hydrogen-bond donors (Lipinski definition) is 1. The maximum Gasteiger partial charge on any atom is 0.263 e. The number of amides is 1. The predicted octanol–water partition coefficient (Wildman–Crippen LogP) is 4.42. The number of rotatable bonds is 6. The second-order valence-electron chi connectivity index (χ2n) is 8.67. The molecule has 0 bridgehead atoms. The van der Waals surface area contributed by atoms with Gasteiger partial charge in [-0.2, -0.15) is 4.98 Å². The molecule has 3 heterocycles. The summed E-state index contributed by atoms with van der Waals surface area (Å²) < 4.78 is 6.46. The molecule has 1 fully saturated rings. The average Bonchev–Trinajstić information content (AvgIpc) is 3.10. The Morgan fingerprint density at radius 3 is 2.77 bits per heavy atom. The number of carbonyl (C=O) groups is 1. The highest BCUT2D eigenvalue weighted by Crippen LogP contribution is 2.31. The number of nitrogens with one attached hydrogen (secondary N) is 1. The van der Waals surface area contributed by atoms with Gasteiger partial charge in [-0.15, -0.1) is 0 Å². The molecular formula is C23H28BrN5O2. The fourth-order valence-corrected chi connectivity index (χ4v) is 4.80. The standard InChI is InChI=1S/C23H28BrN5O2/c1-14-9-15(2)13-29(12-14)22-21-16(3)28-31-23(21)27-19(26-22)7-8-20(30)25-11-17-5-4-6-18(24)10-17/h4-6,10,14-15H,7-9,11-13H2,1-3H3,(H,25,30)/t14-,15-/m1/s1. The molecule has 8 heteroatoms. The molecule has 1 aliphatic rings. The maximum atomic E-state index is 12.4. The average molecular weight is 486 g/mol. The van der Waals surface area contributed by atoms with Crippen LogP contribution in [0.15, 0.2) is 33.3 Å². The first-order valence-corrected chi connectivity index (χ1v) is 11.6. The zero-order chi connectivity index (χ0) is 22.0. The van der Waals surface area contributed by atoms with E-state index < -0.39 is 0 Å². The molecule has 2 atom stereocenters. The van der Waals surface area contributed by atoms with Crippen LogP contribution >= 0.6 is 15.9 Å². The number of hydrogen-bond acceptors (Lipinski definition) is 6. The minimum atomic E-state index is -0.0285. The number of aryl methyl sites for hydroxylation is 2. The van der Waals surface area contributed by atoms with E-state index in [9.17, 15) is 4.79 Å². The van der Waals surface area contributed by atoms with Crippen LogP contribution in [0, 0.1) is 18.8 Å². The lowest BCUT2D eigenvalue weighted by Crippen LogP contribution is -2.39. The molecule has 1 N–H and O–H groups in total. The molecule has 31 heavy (non-hydrogen) atoms. The third kappa shape index (κ3) is 5.23. The van der Waals surface area contributed by atoms with Gasteiger partial charge in [-0.25, -0.2) is 4.98 Å². The first-order chi connectivity index (χ1) is 14.9. The van der Waals surface area contributed by atoms with Crippen LogP contribution in [-0.4, -0.2) is 34.1 Å². The summed E-state index contributed by atoms with van der Waals surface area (Å²) in [4.78, 5) is 24.1. The highest BCUT2D eigenvalue weighted by Gasteiger charge is 2.27. The fraction of sp³-hybridized carbons (Fsp3) is 0.478. The van der Waals surface area contributed by atoms with E-state index in [-0.39, 0.29) is 5.91 Å². The van der Waals surface area contributed by atoms with E-state index in [1.165, 1.54) is 6.42 Å². The van der Waals surface area contributed by atoms with E-state index >= 15 is 0 Å². The molecule has 0 saturated carbocycles. The van der Waals surface area contributed by atoms with E-state index in [1.807, 2.05) is 31.2 Å². The van der Waals surface area contributed by atoms with Crippen molar-refractivity contribution < 1.29 is 9.32 Å². The number of piperidine rings is 1. The summed E-state index contributed by atoms with van der Waals surface area (Å²) >= 11 is 3.45. The molecule has 3 aromatic rings. The van der Waals surface area contributed by atoms with Gasteiger partial charge in [0.05, 0.1) is 5.69 Å². The largest absolute Gasteiger partial charge is 0.355 e. The lowest BCUT2D eigenvalue weighted by atomic mass is 9.92. The summed E-state index contributed by atoms with van der Waals surface area (Å²) in [5, 5.41) is 7.95. The number of carbonyl (C=O) groups excluding carboxylic acids is 1. The summed E-state index contributed by atoms with van der Waals surface area (Å²) in [6.07, 6.45) is 1.99. The SMILES string of the molecule is Cc1noc2nc(CCC(=O)NCc3cccc(Br)c3)nc(N3C[C@H](C)C[C@@H](C)C3)c12. The number of nitrogens with zero attached hydrogens (tertiary/aromatic N) is 4. The fourth-order valence-electron chi connectivity index (χ4n) is 4.35. The van der Waals surface area contributed by atoms with Gasteiger partial charge in [0.25, 0.3) is 5.71 Å². The number of aromatic nitrogens is 3. The third-order valence-electron chi connectivity index (χ3n) is 5.66. The Bertz CT molecular complexity index is 1070.